The number of aromatic nitrogens is 1. The normalized spacial score (nSPS) is 10.9. The molecule has 0 spiro atoms. The molecule has 0 atom stereocenters. The fraction of sp³-hybridized carbons (Fsp3) is 0.474. The average molecular weight is 504 g/mol. The van der Waals surface area contributed by atoms with Crippen molar-refractivity contribution < 1.29 is 9.47 Å². The number of nitrogens with zero attached hydrogens (tertiary/aromatic N) is 2. The van der Waals surface area contributed by atoms with Gasteiger partial charge in [0, 0.05) is 36.1 Å². The van der Waals surface area contributed by atoms with Gasteiger partial charge in [0.05, 0.1) is 25.8 Å². The monoisotopic (exact) mass is 504 g/mol. The molecule has 0 saturated heterocycles. The van der Waals surface area contributed by atoms with E-state index in [1.165, 1.54) is 4.88 Å². The van der Waals surface area contributed by atoms with Crippen LogP contribution in [0.1, 0.15) is 29.3 Å². The molecule has 1 aromatic carbocycles. The van der Waals surface area contributed by atoms with Crippen molar-refractivity contribution in [1.82, 2.24) is 15.6 Å². The summed E-state index contributed by atoms with van der Waals surface area (Å²) in [5.41, 5.74) is 0.983. The maximum absolute atomic E-state index is 5.47. The summed E-state index contributed by atoms with van der Waals surface area (Å²) >= 11 is 1.78. The van der Waals surface area contributed by atoms with Crippen molar-refractivity contribution in [2.45, 2.75) is 33.2 Å². The molecule has 2 rings (SSSR count). The third kappa shape index (κ3) is 7.17. The van der Waals surface area contributed by atoms with Crippen LogP contribution >= 0.6 is 35.3 Å². The molecule has 150 valence electrons. The van der Waals surface area contributed by atoms with E-state index < -0.39 is 0 Å². The molecule has 2 aromatic rings. The average Bonchev–Trinajstić information content (AvgIpc) is 3.13. The molecular weight excluding hydrogens is 475 g/mol. The number of ether oxygens (including phenoxy) is 2. The number of hydrogen-bond donors (Lipinski definition) is 2. The Bertz CT molecular complexity index is 721. The second-order valence-corrected chi connectivity index (χ2v) is 6.80. The smallest absolute Gasteiger partial charge is 0.191 e. The molecule has 1 aromatic heterocycles. The van der Waals surface area contributed by atoms with Crippen LogP contribution in [0.4, 0.5) is 0 Å². The lowest BCUT2D eigenvalue weighted by Crippen LogP contribution is -2.38. The summed E-state index contributed by atoms with van der Waals surface area (Å²) < 4.78 is 10.8. The first-order valence-electron chi connectivity index (χ1n) is 8.87. The van der Waals surface area contributed by atoms with Crippen LogP contribution in [0.25, 0.3) is 0 Å². The first-order chi connectivity index (χ1) is 12.7. The van der Waals surface area contributed by atoms with Crippen LogP contribution in [0.2, 0.25) is 0 Å². The van der Waals surface area contributed by atoms with Crippen molar-refractivity contribution in [2.24, 2.45) is 4.99 Å². The third-order valence-corrected chi connectivity index (χ3v) is 5.02. The minimum atomic E-state index is 0. The molecule has 6 nitrogen and oxygen atoms in total. The summed E-state index contributed by atoms with van der Waals surface area (Å²) in [6.07, 6.45) is 3.89. The van der Waals surface area contributed by atoms with Crippen molar-refractivity contribution in [3.8, 4) is 11.5 Å². The molecule has 0 aliphatic carbocycles. The minimum Gasteiger partial charge on any atom is -0.493 e. The van der Waals surface area contributed by atoms with Gasteiger partial charge in [-0.3, -0.25) is 0 Å². The molecule has 2 N–H and O–H groups in total. The van der Waals surface area contributed by atoms with Crippen LogP contribution < -0.4 is 20.1 Å². The van der Waals surface area contributed by atoms with Crippen LogP contribution in [-0.4, -0.2) is 38.3 Å². The van der Waals surface area contributed by atoms with E-state index in [2.05, 4.69) is 34.5 Å². The van der Waals surface area contributed by atoms with E-state index in [9.17, 15) is 0 Å². The van der Waals surface area contributed by atoms with Gasteiger partial charge in [-0.1, -0.05) is 19.1 Å². The fourth-order valence-electron chi connectivity index (χ4n) is 2.50. The lowest BCUT2D eigenvalue weighted by atomic mass is 10.2. The van der Waals surface area contributed by atoms with E-state index in [-0.39, 0.29) is 24.0 Å². The summed E-state index contributed by atoms with van der Waals surface area (Å²) in [7, 11) is 3.28. The number of guanidine groups is 1. The summed E-state index contributed by atoms with van der Waals surface area (Å²) in [4.78, 5) is 10.4. The van der Waals surface area contributed by atoms with E-state index in [1.807, 2.05) is 24.4 Å². The number of methoxy groups -OCH3 is 2. The molecule has 0 saturated carbocycles. The number of nitrogens with one attached hydrogen (secondary N) is 2. The molecule has 0 aliphatic rings. The Morgan fingerprint density at radius 2 is 2.00 bits per heavy atom. The Morgan fingerprint density at radius 3 is 2.63 bits per heavy atom. The number of rotatable bonds is 9. The number of hydrogen-bond acceptors (Lipinski definition) is 5. The van der Waals surface area contributed by atoms with Crippen LogP contribution in [0, 0.1) is 0 Å². The van der Waals surface area contributed by atoms with Gasteiger partial charge in [-0.2, -0.15) is 0 Å². The molecular formula is C19H29IN4O2S. The molecule has 1 heterocycles. The molecule has 0 unspecified atom stereocenters. The van der Waals surface area contributed by atoms with Crippen molar-refractivity contribution in [3.05, 3.63) is 39.8 Å². The van der Waals surface area contributed by atoms with E-state index in [0.717, 1.165) is 48.2 Å². The zero-order valence-electron chi connectivity index (χ0n) is 16.4. The van der Waals surface area contributed by atoms with Gasteiger partial charge < -0.3 is 20.1 Å². The van der Waals surface area contributed by atoms with Gasteiger partial charge in [0.1, 0.15) is 0 Å². The fourth-order valence-corrected chi connectivity index (χ4v) is 3.36. The van der Waals surface area contributed by atoms with Crippen LogP contribution in [0.3, 0.4) is 0 Å². The van der Waals surface area contributed by atoms with Crippen LogP contribution in [-0.2, 0) is 19.4 Å². The van der Waals surface area contributed by atoms with Crippen molar-refractivity contribution >= 4 is 41.3 Å². The van der Waals surface area contributed by atoms with Crippen LogP contribution in [0.5, 0.6) is 11.5 Å². The highest BCUT2D eigenvalue weighted by Gasteiger charge is 2.09. The lowest BCUT2D eigenvalue weighted by Gasteiger charge is -2.13. The van der Waals surface area contributed by atoms with Gasteiger partial charge in [-0.15, -0.1) is 35.3 Å². The zero-order chi connectivity index (χ0) is 18.8. The summed E-state index contributed by atoms with van der Waals surface area (Å²) in [5.74, 6) is 2.22. The minimum absolute atomic E-state index is 0. The number of thiazole rings is 1. The topological polar surface area (TPSA) is 67.8 Å². The lowest BCUT2D eigenvalue weighted by molar-refractivity contribution is 0.352. The highest BCUT2D eigenvalue weighted by atomic mass is 127. The number of para-hydroxylation sites is 1. The molecule has 0 radical (unpaired) electrons. The molecule has 0 amide bonds. The Morgan fingerprint density at radius 1 is 1.19 bits per heavy atom. The number of benzene rings is 1. The molecule has 0 aliphatic heterocycles. The second-order valence-electron chi connectivity index (χ2n) is 5.60. The quantitative estimate of drug-likeness (QED) is 0.310. The van der Waals surface area contributed by atoms with E-state index >= 15 is 0 Å². The first-order valence-corrected chi connectivity index (χ1v) is 9.69. The zero-order valence-corrected chi connectivity index (χ0v) is 19.5. The maximum Gasteiger partial charge on any atom is 0.191 e. The number of aryl methyl sites for hydroxylation is 1. The van der Waals surface area contributed by atoms with Gasteiger partial charge in [0.2, 0.25) is 0 Å². The summed E-state index contributed by atoms with van der Waals surface area (Å²) in [6.45, 7) is 6.30. The van der Waals surface area contributed by atoms with E-state index in [0.29, 0.717) is 12.3 Å². The standard InChI is InChI=1S/C19H28N4O2S.HI/c1-5-15-13-22-17(26-15)10-11-21-19(20-6-2)23-12-14-8-7-9-16(24-3)18(14)25-4;/h7-9,13H,5-6,10-12H2,1-4H3,(H2,20,21,23);1H. The second kappa shape index (κ2) is 12.8. The summed E-state index contributed by atoms with van der Waals surface area (Å²) in [5, 5.41) is 7.79. The van der Waals surface area contributed by atoms with Gasteiger partial charge in [-0.25, -0.2) is 9.98 Å². The highest BCUT2D eigenvalue weighted by Crippen LogP contribution is 2.31. The van der Waals surface area contributed by atoms with E-state index in [4.69, 9.17) is 9.47 Å². The SMILES string of the molecule is CCNC(=NCc1cccc(OC)c1OC)NCCc1ncc(CC)s1.I. The summed E-state index contributed by atoms with van der Waals surface area (Å²) in [6, 6.07) is 5.82. The number of aliphatic imine (C=N–C) groups is 1. The predicted octanol–water partition coefficient (Wildman–Crippen LogP) is 3.64. The van der Waals surface area contributed by atoms with Crippen LogP contribution in [0.15, 0.2) is 29.4 Å². The Balaban J connectivity index is 0.00000364. The van der Waals surface area contributed by atoms with Crippen molar-refractivity contribution in [2.75, 3.05) is 27.3 Å². The van der Waals surface area contributed by atoms with Gasteiger partial charge in [-0.05, 0) is 19.4 Å². The van der Waals surface area contributed by atoms with E-state index in [1.54, 1.807) is 25.6 Å². The first kappa shape index (κ1) is 23.5. The van der Waals surface area contributed by atoms with Gasteiger partial charge in [0.15, 0.2) is 17.5 Å². The largest absolute Gasteiger partial charge is 0.493 e. The van der Waals surface area contributed by atoms with Crippen molar-refractivity contribution in [1.29, 1.82) is 0 Å². The maximum atomic E-state index is 5.47. The molecule has 8 heteroatoms. The number of halogens is 1. The van der Waals surface area contributed by atoms with Crippen molar-refractivity contribution in [3.63, 3.8) is 0 Å². The Labute approximate surface area is 182 Å². The van der Waals surface area contributed by atoms with Gasteiger partial charge >= 0.3 is 0 Å². The predicted molar refractivity (Wildman–Crippen MR) is 123 cm³/mol. The Kier molecular flexibility index (Phi) is 11.1. The van der Waals surface area contributed by atoms with Gasteiger partial charge in [0.25, 0.3) is 0 Å². The molecule has 0 bridgehead atoms. The molecule has 27 heavy (non-hydrogen) atoms. The molecule has 0 fully saturated rings. The Hall–Kier alpha value is -1.55. The third-order valence-electron chi connectivity index (χ3n) is 3.82. The highest BCUT2D eigenvalue weighted by molar-refractivity contribution is 14.0.